The zero-order valence-electron chi connectivity index (χ0n) is 14.3. The molecule has 1 amide bonds. The lowest BCUT2D eigenvalue weighted by atomic mass is 9.96. The molecule has 0 saturated carbocycles. The number of benzene rings is 1. The summed E-state index contributed by atoms with van der Waals surface area (Å²) >= 11 is 0. The monoisotopic (exact) mass is 346 g/mol. The highest BCUT2D eigenvalue weighted by molar-refractivity contribution is 5.96. The van der Waals surface area contributed by atoms with Crippen molar-refractivity contribution >= 4 is 28.6 Å². The highest BCUT2D eigenvalue weighted by Crippen LogP contribution is 2.21. The number of carbonyl (C=O) groups is 2. The van der Waals surface area contributed by atoms with Crippen LogP contribution >= 0.6 is 0 Å². The number of nitrogens with one attached hydrogen (secondary N) is 3. The van der Waals surface area contributed by atoms with Crippen molar-refractivity contribution in [2.75, 3.05) is 25.5 Å². The van der Waals surface area contributed by atoms with Crippen molar-refractivity contribution in [1.82, 2.24) is 14.9 Å². The van der Waals surface area contributed by atoms with Crippen LogP contribution in [0.1, 0.15) is 19.8 Å². The van der Waals surface area contributed by atoms with Crippen molar-refractivity contribution in [3.05, 3.63) is 28.7 Å². The van der Waals surface area contributed by atoms with E-state index in [-0.39, 0.29) is 29.5 Å². The van der Waals surface area contributed by atoms with Gasteiger partial charge in [-0.2, -0.15) is 0 Å². The Morgan fingerprint density at radius 2 is 1.92 bits per heavy atom. The van der Waals surface area contributed by atoms with Crippen molar-refractivity contribution in [2.45, 2.75) is 25.8 Å². The number of ether oxygens (including phenoxy) is 1. The van der Waals surface area contributed by atoms with Crippen LogP contribution in [0, 0.1) is 5.92 Å². The van der Waals surface area contributed by atoms with Crippen LogP contribution in [0.25, 0.3) is 11.0 Å². The van der Waals surface area contributed by atoms with E-state index in [1.165, 1.54) is 7.11 Å². The van der Waals surface area contributed by atoms with Gasteiger partial charge >= 0.3 is 11.7 Å². The lowest BCUT2D eigenvalue weighted by molar-refractivity contribution is -0.147. The van der Waals surface area contributed by atoms with Gasteiger partial charge in [0.2, 0.25) is 5.91 Å². The number of aromatic nitrogens is 2. The molecule has 0 aliphatic carbocycles. The number of anilines is 1. The van der Waals surface area contributed by atoms with Gasteiger partial charge in [-0.1, -0.05) is 0 Å². The number of nitrogens with zero attached hydrogens (tertiary/aromatic N) is 1. The Morgan fingerprint density at radius 3 is 2.60 bits per heavy atom. The SMILES string of the molecule is COC(=O)C1CCN(C(C)C(=O)Nc2ccc3[nH]c(=O)[nH]c3c2)CC1. The van der Waals surface area contributed by atoms with E-state index in [4.69, 9.17) is 4.74 Å². The molecular weight excluding hydrogens is 324 g/mol. The van der Waals surface area contributed by atoms with Gasteiger partial charge in [-0.25, -0.2) is 4.79 Å². The van der Waals surface area contributed by atoms with E-state index < -0.39 is 0 Å². The molecule has 0 bridgehead atoms. The van der Waals surface area contributed by atoms with Crippen molar-refractivity contribution in [3.8, 4) is 0 Å². The lowest BCUT2D eigenvalue weighted by Crippen LogP contribution is -2.47. The molecule has 1 saturated heterocycles. The first-order valence-electron chi connectivity index (χ1n) is 8.32. The molecule has 3 N–H and O–H groups in total. The summed E-state index contributed by atoms with van der Waals surface area (Å²) in [6.07, 6.45) is 1.39. The first-order valence-corrected chi connectivity index (χ1v) is 8.32. The molecule has 1 fully saturated rings. The van der Waals surface area contributed by atoms with Gasteiger partial charge < -0.3 is 20.0 Å². The third-order valence-electron chi connectivity index (χ3n) is 4.77. The summed E-state index contributed by atoms with van der Waals surface area (Å²) in [5.74, 6) is -0.372. The maximum atomic E-state index is 12.5. The van der Waals surface area contributed by atoms with Gasteiger partial charge in [0.05, 0.1) is 30.1 Å². The molecule has 134 valence electrons. The standard InChI is InChI=1S/C17H22N4O4/c1-10(21-7-5-11(6-8-21)16(23)25-2)15(22)18-12-3-4-13-14(9-12)20-17(24)19-13/h3-4,9-11H,5-8H2,1-2H3,(H,18,22)(H2,19,20,24). The molecule has 25 heavy (non-hydrogen) atoms. The van der Waals surface area contributed by atoms with Gasteiger partial charge in [-0.05, 0) is 51.1 Å². The molecule has 2 aromatic rings. The quantitative estimate of drug-likeness (QED) is 0.718. The molecule has 1 aliphatic rings. The minimum Gasteiger partial charge on any atom is -0.469 e. The Labute approximate surface area is 144 Å². The predicted octanol–water partition coefficient (Wildman–Crippen LogP) is 1.07. The first kappa shape index (κ1) is 17.2. The van der Waals surface area contributed by atoms with Crippen LogP contribution in [0.3, 0.4) is 0 Å². The molecule has 0 radical (unpaired) electrons. The topological polar surface area (TPSA) is 107 Å². The second-order valence-electron chi connectivity index (χ2n) is 6.34. The third-order valence-corrected chi connectivity index (χ3v) is 4.77. The number of hydrogen-bond donors (Lipinski definition) is 3. The average molecular weight is 346 g/mol. The Balaban J connectivity index is 1.60. The number of fused-ring (bicyclic) bond motifs is 1. The third kappa shape index (κ3) is 3.74. The molecule has 1 unspecified atom stereocenters. The predicted molar refractivity (Wildman–Crippen MR) is 93.3 cm³/mol. The van der Waals surface area contributed by atoms with Crippen LogP contribution < -0.4 is 11.0 Å². The number of carbonyl (C=O) groups excluding carboxylic acids is 2. The number of amides is 1. The largest absolute Gasteiger partial charge is 0.469 e. The van der Waals surface area contributed by atoms with Crippen molar-refractivity contribution in [2.24, 2.45) is 5.92 Å². The smallest absolute Gasteiger partial charge is 0.323 e. The molecule has 1 aliphatic heterocycles. The Bertz CT molecular complexity index is 833. The van der Waals surface area contributed by atoms with Crippen LogP contribution in [-0.4, -0.2) is 53.0 Å². The van der Waals surface area contributed by atoms with Gasteiger partial charge in [0, 0.05) is 5.69 Å². The van der Waals surface area contributed by atoms with E-state index in [2.05, 4.69) is 20.2 Å². The van der Waals surface area contributed by atoms with Gasteiger partial charge in [0.15, 0.2) is 0 Å². The summed E-state index contributed by atoms with van der Waals surface area (Å²) in [6, 6.07) is 4.91. The van der Waals surface area contributed by atoms with E-state index in [1.807, 2.05) is 6.92 Å². The summed E-state index contributed by atoms with van der Waals surface area (Å²) in [5, 5.41) is 2.88. The molecule has 1 aromatic heterocycles. The van der Waals surface area contributed by atoms with Gasteiger partial charge in [0.1, 0.15) is 0 Å². The number of H-pyrrole nitrogens is 2. The van der Waals surface area contributed by atoms with Crippen LogP contribution in [-0.2, 0) is 14.3 Å². The number of rotatable bonds is 4. The molecular formula is C17H22N4O4. The number of piperidine rings is 1. The van der Waals surface area contributed by atoms with E-state index >= 15 is 0 Å². The van der Waals surface area contributed by atoms with Crippen molar-refractivity contribution in [1.29, 1.82) is 0 Å². The number of hydrogen-bond acceptors (Lipinski definition) is 5. The number of likely N-dealkylation sites (tertiary alicyclic amines) is 1. The normalized spacial score (nSPS) is 17.4. The Kier molecular flexibility index (Phi) is 4.89. The zero-order chi connectivity index (χ0) is 18.0. The number of methoxy groups -OCH3 is 1. The molecule has 2 heterocycles. The van der Waals surface area contributed by atoms with E-state index in [0.717, 1.165) is 0 Å². The number of esters is 1. The van der Waals surface area contributed by atoms with Gasteiger partial charge in [-0.3, -0.25) is 14.5 Å². The fourth-order valence-corrected chi connectivity index (χ4v) is 3.21. The average Bonchev–Trinajstić information content (AvgIpc) is 2.99. The summed E-state index contributed by atoms with van der Waals surface area (Å²) in [5.41, 5.74) is 1.69. The number of imidazole rings is 1. The molecule has 1 atom stereocenters. The van der Waals surface area contributed by atoms with E-state index in [9.17, 15) is 14.4 Å². The Hall–Kier alpha value is -2.61. The van der Waals surface area contributed by atoms with Gasteiger partial charge in [-0.15, -0.1) is 0 Å². The van der Waals surface area contributed by atoms with Crippen molar-refractivity contribution in [3.63, 3.8) is 0 Å². The van der Waals surface area contributed by atoms with Crippen LogP contribution in [0.15, 0.2) is 23.0 Å². The van der Waals surface area contributed by atoms with Crippen LogP contribution in [0.2, 0.25) is 0 Å². The highest BCUT2D eigenvalue weighted by Gasteiger charge is 2.30. The van der Waals surface area contributed by atoms with Gasteiger partial charge in [0.25, 0.3) is 0 Å². The minimum atomic E-state index is -0.306. The zero-order valence-corrected chi connectivity index (χ0v) is 14.3. The van der Waals surface area contributed by atoms with Crippen molar-refractivity contribution < 1.29 is 14.3 Å². The van der Waals surface area contributed by atoms with E-state index in [1.54, 1.807) is 18.2 Å². The fraction of sp³-hybridized carbons (Fsp3) is 0.471. The maximum absolute atomic E-state index is 12.5. The second-order valence-corrected chi connectivity index (χ2v) is 6.34. The molecule has 3 rings (SSSR count). The van der Waals surface area contributed by atoms with Crippen LogP contribution in [0.5, 0.6) is 0 Å². The van der Waals surface area contributed by atoms with Crippen LogP contribution in [0.4, 0.5) is 5.69 Å². The molecule has 8 nitrogen and oxygen atoms in total. The lowest BCUT2D eigenvalue weighted by Gasteiger charge is -2.34. The molecule has 8 heteroatoms. The summed E-state index contributed by atoms with van der Waals surface area (Å²) in [6.45, 7) is 3.21. The molecule has 0 spiro atoms. The fourth-order valence-electron chi connectivity index (χ4n) is 3.21. The minimum absolute atomic E-state index is 0.0793. The second kappa shape index (κ2) is 7.10. The Morgan fingerprint density at radius 1 is 1.24 bits per heavy atom. The first-order chi connectivity index (χ1) is 12.0. The summed E-state index contributed by atoms with van der Waals surface area (Å²) in [4.78, 5) is 42.8. The maximum Gasteiger partial charge on any atom is 0.323 e. The molecule has 1 aromatic carbocycles. The summed E-state index contributed by atoms with van der Waals surface area (Å²) in [7, 11) is 1.40. The highest BCUT2D eigenvalue weighted by atomic mass is 16.5. The van der Waals surface area contributed by atoms with E-state index in [0.29, 0.717) is 42.7 Å². The summed E-state index contributed by atoms with van der Waals surface area (Å²) < 4.78 is 4.78. The number of aromatic amines is 2.